The largest absolute Gasteiger partial charge is 0.354 e. The van der Waals surface area contributed by atoms with Crippen molar-refractivity contribution in [3.8, 4) is 0 Å². The third-order valence-electron chi connectivity index (χ3n) is 4.11. The summed E-state index contributed by atoms with van der Waals surface area (Å²) in [4.78, 5) is 12.7. The van der Waals surface area contributed by atoms with Gasteiger partial charge in [-0.1, -0.05) is 43.5 Å². The Bertz CT molecular complexity index is 459. The van der Waals surface area contributed by atoms with Gasteiger partial charge in [0.05, 0.1) is 5.41 Å². The van der Waals surface area contributed by atoms with Crippen LogP contribution in [-0.2, 0) is 10.2 Å². The summed E-state index contributed by atoms with van der Waals surface area (Å²) in [5.41, 5.74) is 0.681. The van der Waals surface area contributed by atoms with Gasteiger partial charge >= 0.3 is 0 Å². The number of benzene rings is 1. The number of hydrogen-bond acceptors (Lipinski definition) is 2. The number of halogens is 2. The summed E-state index contributed by atoms with van der Waals surface area (Å²) in [6.45, 7) is 4.48. The summed E-state index contributed by atoms with van der Waals surface area (Å²) in [6, 6.07) is 7.76. The van der Waals surface area contributed by atoms with E-state index < -0.39 is 0 Å². The highest BCUT2D eigenvalue weighted by molar-refractivity contribution is 6.30. The second kappa shape index (κ2) is 8.62. The Balaban J connectivity index is 0.00000220. The maximum Gasteiger partial charge on any atom is 0.230 e. The van der Waals surface area contributed by atoms with Gasteiger partial charge in [-0.05, 0) is 37.1 Å². The van der Waals surface area contributed by atoms with Crippen LogP contribution < -0.4 is 10.6 Å². The van der Waals surface area contributed by atoms with Crippen molar-refractivity contribution in [1.82, 2.24) is 10.6 Å². The summed E-state index contributed by atoms with van der Waals surface area (Å²) >= 11 is 6.09. The lowest BCUT2D eigenvalue weighted by molar-refractivity contribution is -0.126. The van der Waals surface area contributed by atoms with Crippen LogP contribution in [-0.4, -0.2) is 25.5 Å². The monoisotopic (exact) mass is 330 g/mol. The van der Waals surface area contributed by atoms with E-state index in [2.05, 4.69) is 17.6 Å². The molecule has 0 aromatic heterocycles. The highest BCUT2D eigenvalue weighted by Crippen LogP contribution is 2.41. The standard InChI is InChI=1S/C16H23ClN2O.ClH/c1-2-18-10-11-19-15(20)16(8-3-4-9-16)13-6-5-7-14(17)12-13;/h5-7,12,18H,2-4,8-11H2,1H3,(H,19,20);1H. The van der Waals surface area contributed by atoms with Crippen molar-refractivity contribution in [2.45, 2.75) is 38.0 Å². The Morgan fingerprint density at radius 1 is 1.29 bits per heavy atom. The first-order valence-corrected chi connectivity index (χ1v) is 7.82. The number of carbonyl (C=O) groups excluding carboxylic acids is 1. The van der Waals surface area contributed by atoms with Gasteiger partial charge in [-0.25, -0.2) is 0 Å². The van der Waals surface area contributed by atoms with E-state index >= 15 is 0 Å². The fourth-order valence-corrected chi connectivity index (χ4v) is 3.21. The molecule has 1 amide bonds. The van der Waals surface area contributed by atoms with Crippen LogP contribution in [0.3, 0.4) is 0 Å². The van der Waals surface area contributed by atoms with Crippen LogP contribution in [0.1, 0.15) is 38.2 Å². The van der Waals surface area contributed by atoms with Crippen LogP contribution in [0.2, 0.25) is 5.02 Å². The molecule has 2 N–H and O–H groups in total. The Hall–Kier alpha value is -0.770. The van der Waals surface area contributed by atoms with Crippen molar-refractivity contribution in [3.63, 3.8) is 0 Å². The van der Waals surface area contributed by atoms with Crippen LogP contribution in [0.5, 0.6) is 0 Å². The molecule has 0 spiro atoms. The minimum atomic E-state index is -0.378. The van der Waals surface area contributed by atoms with E-state index in [1.165, 1.54) is 0 Å². The number of hydrogen-bond donors (Lipinski definition) is 2. The zero-order valence-electron chi connectivity index (χ0n) is 12.5. The van der Waals surface area contributed by atoms with Gasteiger partial charge in [-0.3, -0.25) is 4.79 Å². The third kappa shape index (κ3) is 4.35. The van der Waals surface area contributed by atoms with E-state index in [1.807, 2.05) is 24.3 Å². The molecule has 0 saturated heterocycles. The second-order valence-corrected chi connectivity index (χ2v) is 5.85. The van der Waals surface area contributed by atoms with Gasteiger partial charge in [0.1, 0.15) is 0 Å². The molecule has 1 fully saturated rings. The normalized spacial score (nSPS) is 16.3. The first-order valence-electron chi connectivity index (χ1n) is 7.44. The van der Waals surface area contributed by atoms with E-state index in [9.17, 15) is 4.79 Å². The van der Waals surface area contributed by atoms with E-state index in [-0.39, 0.29) is 23.7 Å². The van der Waals surface area contributed by atoms with Crippen LogP contribution in [0.25, 0.3) is 0 Å². The van der Waals surface area contributed by atoms with Crippen molar-refractivity contribution in [1.29, 1.82) is 0 Å². The van der Waals surface area contributed by atoms with E-state index in [4.69, 9.17) is 11.6 Å². The molecule has 1 aliphatic rings. The first kappa shape index (κ1) is 18.3. The Morgan fingerprint density at radius 3 is 2.62 bits per heavy atom. The molecule has 1 aromatic rings. The molecule has 118 valence electrons. The fraction of sp³-hybridized carbons (Fsp3) is 0.562. The smallest absolute Gasteiger partial charge is 0.230 e. The lowest BCUT2D eigenvalue weighted by Crippen LogP contribution is -2.44. The quantitative estimate of drug-likeness (QED) is 0.786. The molecule has 3 nitrogen and oxygen atoms in total. The predicted octanol–water partition coefficient (Wildman–Crippen LogP) is 3.30. The van der Waals surface area contributed by atoms with Gasteiger partial charge in [0.2, 0.25) is 5.91 Å². The topological polar surface area (TPSA) is 41.1 Å². The van der Waals surface area contributed by atoms with Gasteiger partial charge in [-0.2, -0.15) is 0 Å². The molecule has 0 heterocycles. The Kier molecular flexibility index (Phi) is 7.50. The van der Waals surface area contributed by atoms with Crippen LogP contribution in [0, 0.1) is 0 Å². The van der Waals surface area contributed by atoms with Crippen LogP contribution >= 0.6 is 24.0 Å². The van der Waals surface area contributed by atoms with Gasteiger partial charge in [0.25, 0.3) is 0 Å². The van der Waals surface area contributed by atoms with Gasteiger partial charge in [0.15, 0.2) is 0 Å². The Labute approximate surface area is 138 Å². The van der Waals surface area contributed by atoms with Crippen molar-refractivity contribution in [2.75, 3.05) is 19.6 Å². The van der Waals surface area contributed by atoms with Crippen molar-refractivity contribution < 1.29 is 4.79 Å². The summed E-state index contributed by atoms with van der Waals surface area (Å²) < 4.78 is 0. The maximum absolute atomic E-state index is 12.7. The van der Waals surface area contributed by atoms with E-state index in [1.54, 1.807) is 0 Å². The Morgan fingerprint density at radius 2 is 2.00 bits per heavy atom. The minimum Gasteiger partial charge on any atom is -0.354 e. The summed E-state index contributed by atoms with van der Waals surface area (Å²) in [6.07, 6.45) is 4.04. The summed E-state index contributed by atoms with van der Waals surface area (Å²) in [7, 11) is 0. The van der Waals surface area contributed by atoms with Crippen molar-refractivity contribution in [3.05, 3.63) is 34.9 Å². The first-order chi connectivity index (χ1) is 9.69. The SMILES string of the molecule is CCNCCNC(=O)C1(c2cccc(Cl)c2)CCCC1.Cl. The van der Waals surface area contributed by atoms with Crippen LogP contribution in [0.4, 0.5) is 0 Å². The molecule has 5 heteroatoms. The molecule has 1 aromatic carbocycles. The zero-order valence-corrected chi connectivity index (χ0v) is 14.0. The van der Waals surface area contributed by atoms with Crippen molar-refractivity contribution in [2.24, 2.45) is 0 Å². The molecule has 0 bridgehead atoms. The van der Waals surface area contributed by atoms with Gasteiger partial charge < -0.3 is 10.6 Å². The second-order valence-electron chi connectivity index (χ2n) is 5.41. The van der Waals surface area contributed by atoms with E-state index in [0.717, 1.165) is 44.3 Å². The molecular formula is C16H24Cl2N2O. The molecule has 0 unspecified atom stereocenters. The number of rotatable bonds is 6. The highest BCUT2D eigenvalue weighted by Gasteiger charge is 2.42. The molecule has 21 heavy (non-hydrogen) atoms. The maximum atomic E-state index is 12.7. The number of nitrogens with one attached hydrogen (secondary N) is 2. The number of carbonyl (C=O) groups is 1. The lowest BCUT2D eigenvalue weighted by atomic mass is 9.78. The van der Waals surface area contributed by atoms with Gasteiger partial charge in [0, 0.05) is 18.1 Å². The number of amides is 1. The summed E-state index contributed by atoms with van der Waals surface area (Å²) in [5.74, 6) is 0.148. The fourth-order valence-electron chi connectivity index (χ4n) is 3.02. The summed E-state index contributed by atoms with van der Waals surface area (Å²) in [5, 5.41) is 7.00. The molecular weight excluding hydrogens is 307 g/mol. The van der Waals surface area contributed by atoms with Crippen LogP contribution in [0.15, 0.2) is 24.3 Å². The average molecular weight is 331 g/mol. The molecule has 2 rings (SSSR count). The highest BCUT2D eigenvalue weighted by atomic mass is 35.5. The predicted molar refractivity (Wildman–Crippen MR) is 90.4 cm³/mol. The third-order valence-corrected chi connectivity index (χ3v) is 4.34. The molecule has 0 aliphatic heterocycles. The molecule has 1 aliphatic carbocycles. The lowest BCUT2D eigenvalue weighted by Gasteiger charge is -2.28. The van der Waals surface area contributed by atoms with Gasteiger partial charge in [-0.15, -0.1) is 12.4 Å². The molecule has 0 atom stereocenters. The molecule has 0 radical (unpaired) electrons. The number of likely N-dealkylation sites (N-methyl/N-ethyl adjacent to an activating group) is 1. The van der Waals surface area contributed by atoms with E-state index in [0.29, 0.717) is 11.6 Å². The van der Waals surface area contributed by atoms with Crippen molar-refractivity contribution >= 4 is 29.9 Å². The minimum absolute atomic E-state index is 0. The molecule has 1 saturated carbocycles. The zero-order chi connectivity index (χ0) is 14.4. The average Bonchev–Trinajstić information content (AvgIpc) is 2.94.